The van der Waals surface area contributed by atoms with Gasteiger partial charge in [0.25, 0.3) is 0 Å². The highest BCUT2D eigenvalue weighted by molar-refractivity contribution is 9.10. The monoisotopic (exact) mass is 329 g/mol. The maximum atomic E-state index is 12.6. The van der Waals surface area contributed by atoms with Crippen LogP contribution in [0.1, 0.15) is 24.0 Å². The molecule has 1 N–H and O–H groups in total. The lowest BCUT2D eigenvalue weighted by molar-refractivity contribution is -0.118. The average molecular weight is 330 g/mol. The summed E-state index contributed by atoms with van der Waals surface area (Å²) in [5, 5.41) is 3.08. The summed E-state index contributed by atoms with van der Waals surface area (Å²) in [7, 11) is 0. The molecule has 0 aliphatic heterocycles. The highest BCUT2D eigenvalue weighted by Crippen LogP contribution is 2.49. The quantitative estimate of drug-likeness (QED) is 0.886. The molecule has 0 unspecified atom stereocenters. The molecule has 1 saturated carbocycles. The van der Waals surface area contributed by atoms with Gasteiger partial charge in [-0.1, -0.05) is 52.3 Å². The number of amides is 1. The van der Waals surface area contributed by atoms with Crippen LogP contribution < -0.4 is 5.32 Å². The number of hydrogen-bond donors (Lipinski definition) is 1. The first-order valence-corrected chi connectivity index (χ1v) is 7.54. The molecule has 0 bridgehead atoms. The number of anilines is 1. The minimum atomic E-state index is -0.323. The first-order valence-electron chi connectivity index (χ1n) is 6.75. The van der Waals surface area contributed by atoms with Gasteiger partial charge in [0.05, 0.1) is 5.41 Å². The zero-order chi connectivity index (χ0) is 14.2. The molecule has 1 aliphatic rings. The van der Waals surface area contributed by atoms with Gasteiger partial charge in [-0.2, -0.15) is 0 Å². The number of hydrogen-bond acceptors (Lipinski definition) is 1. The molecular formula is C17H16BrNO. The summed E-state index contributed by atoms with van der Waals surface area (Å²) in [5.41, 5.74) is 2.75. The minimum Gasteiger partial charge on any atom is -0.325 e. The first kappa shape index (κ1) is 13.4. The van der Waals surface area contributed by atoms with Crippen LogP contribution in [0.3, 0.4) is 0 Å². The number of carbonyl (C=O) groups is 1. The summed E-state index contributed by atoms with van der Waals surface area (Å²) in [6.45, 7) is 2.00. The van der Waals surface area contributed by atoms with Crippen LogP contribution in [0.25, 0.3) is 0 Å². The van der Waals surface area contributed by atoms with Gasteiger partial charge in [-0.3, -0.25) is 4.79 Å². The van der Waals surface area contributed by atoms with E-state index in [0.717, 1.165) is 34.1 Å². The van der Waals surface area contributed by atoms with Crippen LogP contribution in [0.4, 0.5) is 5.69 Å². The molecule has 3 heteroatoms. The fourth-order valence-electron chi connectivity index (χ4n) is 2.50. The molecule has 0 heterocycles. The van der Waals surface area contributed by atoms with Crippen LogP contribution in [0, 0.1) is 6.92 Å². The van der Waals surface area contributed by atoms with Gasteiger partial charge in [0.15, 0.2) is 0 Å². The Morgan fingerprint density at radius 3 is 2.50 bits per heavy atom. The van der Waals surface area contributed by atoms with Gasteiger partial charge < -0.3 is 5.32 Å². The van der Waals surface area contributed by atoms with Crippen molar-refractivity contribution in [1.82, 2.24) is 0 Å². The number of aryl methyl sites for hydroxylation is 1. The van der Waals surface area contributed by atoms with E-state index in [4.69, 9.17) is 0 Å². The van der Waals surface area contributed by atoms with Crippen molar-refractivity contribution in [2.75, 3.05) is 5.32 Å². The molecule has 0 atom stereocenters. The van der Waals surface area contributed by atoms with Gasteiger partial charge >= 0.3 is 0 Å². The number of benzene rings is 2. The summed E-state index contributed by atoms with van der Waals surface area (Å²) >= 11 is 3.45. The Labute approximate surface area is 127 Å². The molecule has 0 aromatic heterocycles. The topological polar surface area (TPSA) is 29.1 Å². The van der Waals surface area contributed by atoms with E-state index in [-0.39, 0.29) is 11.3 Å². The maximum Gasteiger partial charge on any atom is 0.235 e. The Morgan fingerprint density at radius 1 is 1.15 bits per heavy atom. The Balaban J connectivity index is 1.85. The third-order valence-corrected chi connectivity index (χ3v) is 4.45. The van der Waals surface area contributed by atoms with Crippen LogP contribution in [-0.2, 0) is 10.2 Å². The minimum absolute atomic E-state index is 0.102. The largest absolute Gasteiger partial charge is 0.325 e. The van der Waals surface area contributed by atoms with Crippen molar-refractivity contribution in [2.24, 2.45) is 0 Å². The Morgan fingerprint density at radius 2 is 1.85 bits per heavy atom. The average Bonchev–Trinajstić information content (AvgIpc) is 3.25. The van der Waals surface area contributed by atoms with E-state index in [1.54, 1.807) is 0 Å². The maximum absolute atomic E-state index is 12.6. The van der Waals surface area contributed by atoms with E-state index < -0.39 is 0 Å². The lowest BCUT2D eigenvalue weighted by Crippen LogP contribution is -2.28. The van der Waals surface area contributed by atoms with Crippen molar-refractivity contribution in [2.45, 2.75) is 25.2 Å². The van der Waals surface area contributed by atoms with Crippen LogP contribution in [0.2, 0.25) is 0 Å². The lowest BCUT2D eigenvalue weighted by Gasteiger charge is -2.17. The molecule has 2 nitrogen and oxygen atoms in total. The molecule has 20 heavy (non-hydrogen) atoms. The predicted octanol–water partition coefficient (Wildman–Crippen LogP) is 4.43. The zero-order valence-electron chi connectivity index (χ0n) is 11.3. The van der Waals surface area contributed by atoms with Crippen LogP contribution >= 0.6 is 15.9 Å². The number of nitrogens with one attached hydrogen (secondary N) is 1. The summed E-state index contributed by atoms with van der Waals surface area (Å²) in [4.78, 5) is 12.6. The Kier molecular flexibility index (Phi) is 3.38. The van der Waals surface area contributed by atoms with Crippen molar-refractivity contribution in [3.63, 3.8) is 0 Å². The van der Waals surface area contributed by atoms with E-state index in [2.05, 4.69) is 21.2 Å². The van der Waals surface area contributed by atoms with Gasteiger partial charge in [0, 0.05) is 10.2 Å². The van der Waals surface area contributed by atoms with Crippen molar-refractivity contribution < 1.29 is 4.79 Å². The third-order valence-electron chi connectivity index (χ3n) is 3.96. The van der Waals surface area contributed by atoms with Crippen molar-refractivity contribution in [1.29, 1.82) is 0 Å². The summed E-state index contributed by atoms with van der Waals surface area (Å²) < 4.78 is 0.975. The smallest absolute Gasteiger partial charge is 0.235 e. The summed E-state index contributed by atoms with van der Waals surface area (Å²) in [6.07, 6.45) is 1.85. The van der Waals surface area contributed by atoms with E-state index in [0.29, 0.717) is 0 Å². The fourth-order valence-corrected chi connectivity index (χ4v) is 2.86. The summed E-state index contributed by atoms with van der Waals surface area (Å²) in [6, 6.07) is 16.0. The molecule has 1 amide bonds. The molecule has 1 fully saturated rings. The van der Waals surface area contributed by atoms with Gasteiger partial charge in [0.2, 0.25) is 5.91 Å². The van der Waals surface area contributed by atoms with Crippen LogP contribution in [0.5, 0.6) is 0 Å². The third kappa shape index (κ3) is 2.38. The number of halogens is 1. The normalized spacial score (nSPS) is 15.7. The van der Waals surface area contributed by atoms with Crippen molar-refractivity contribution in [3.8, 4) is 0 Å². The van der Waals surface area contributed by atoms with E-state index in [1.165, 1.54) is 0 Å². The second-order valence-electron chi connectivity index (χ2n) is 5.36. The fraction of sp³-hybridized carbons (Fsp3) is 0.235. The lowest BCUT2D eigenvalue weighted by atomic mass is 9.95. The zero-order valence-corrected chi connectivity index (χ0v) is 12.9. The molecule has 1 aliphatic carbocycles. The van der Waals surface area contributed by atoms with Crippen molar-refractivity contribution >= 4 is 27.5 Å². The number of carbonyl (C=O) groups excluding carboxylic acids is 1. The second kappa shape index (κ2) is 5.06. The molecular weight excluding hydrogens is 314 g/mol. The molecule has 102 valence electrons. The highest BCUT2D eigenvalue weighted by Gasteiger charge is 2.51. The van der Waals surface area contributed by atoms with Crippen LogP contribution in [-0.4, -0.2) is 5.91 Å². The van der Waals surface area contributed by atoms with Crippen molar-refractivity contribution in [3.05, 3.63) is 64.1 Å². The van der Waals surface area contributed by atoms with E-state index >= 15 is 0 Å². The molecule has 2 aromatic rings. The second-order valence-corrected chi connectivity index (χ2v) is 6.28. The molecule has 0 spiro atoms. The molecule has 0 saturated heterocycles. The van der Waals surface area contributed by atoms with Gasteiger partial charge in [-0.05, 0) is 43.0 Å². The standard InChI is InChI=1S/C17H16BrNO/c1-12-7-8-14(18)11-15(12)19-16(20)17(9-10-17)13-5-3-2-4-6-13/h2-8,11H,9-10H2,1H3,(H,19,20). The van der Waals surface area contributed by atoms with Gasteiger partial charge in [-0.25, -0.2) is 0 Å². The van der Waals surface area contributed by atoms with E-state index in [1.807, 2.05) is 55.5 Å². The molecule has 0 radical (unpaired) electrons. The predicted molar refractivity (Wildman–Crippen MR) is 84.9 cm³/mol. The molecule has 3 rings (SSSR count). The molecule has 2 aromatic carbocycles. The van der Waals surface area contributed by atoms with Gasteiger partial charge in [0.1, 0.15) is 0 Å². The Bertz CT molecular complexity index is 647. The van der Waals surface area contributed by atoms with Gasteiger partial charge in [-0.15, -0.1) is 0 Å². The Hall–Kier alpha value is -1.61. The summed E-state index contributed by atoms with van der Waals surface area (Å²) in [5.74, 6) is 0.102. The highest BCUT2D eigenvalue weighted by atomic mass is 79.9. The SMILES string of the molecule is Cc1ccc(Br)cc1NC(=O)C1(c2ccccc2)CC1. The first-order chi connectivity index (χ1) is 9.62. The number of rotatable bonds is 3. The van der Waals surface area contributed by atoms with Crippen LogP contribution in [0.15, 0.2) is 53.0 Å². The van der Waals surface area contributed by atoms with E-state index in [9.17, 15) is 4.79 Å².